The molecule has 0 bridgehead atoms. The number of methoxy groups -OCH3 is 1. The highest BCUT2D eigenvalue weighted by atomic mass is 32.2. The molecular formula is C17H22N2O3S. The molecule has 0 fully saturated rings. The third-order valence-corrected chi connectivity index (χ3v) is 4.22. The van der Waals surface area contributed by atoms with Gasteiger partial charge < -0.3 is 4.74 Å². The Kier molecular flexibility index (Phi) is 5.46. The van der Waals surface area contributed by atoms with Gasteiger partial charge in [0.15, 0.2) is 5.16 Å². The zero-order valence-corrected chi connectivity index (χ0v) is 14.9. The lowest BCUT2D eigenvalue weighted by atomic mass is 10.1. The number of hydrogen-bond acceptors (Lipinski definition) is 5. The molecule has 0 aliphatic carbocycles. The van der Waals surface area contributed by atoms with Crippen molar-refractivity contribution in [3.63, 3.8) is 0 Å². The lowest BCUT2D eigenvalue weighted by Gasteiger charge is -2.16. The standard InChI is InChI=1S/C17H22N2O3S/c1-10(2)9-19-15(20)13-7-6-12(16(21)22-5)8-14(13)18-17(19)23-11(3)4/h6-8,10-11H,9H2,1-5H3. The number of carbonyl (C=O) groups is 1. The maximum Gasteiger partial charge on any atom is 0.337 e. The topological polar surface area (TPSA) is 61.2 Å². The largest absolute Gasteiger partial charge is 0.465 e. The number of aromatic nitrogens is 2. The molecule has 23 heavy (non-hydrogen) atoms. The van der Waals surface area contributed by atoms with Crippen molar-refractivity contribution in [2.24, 2.45) is 5.92 Å². The van der Waals surface area contributed by atoms with Crippen LogP contribution in [0.4, 0.5) is 0 Å². The Morgan fingerprint density at radius 1 is 1.30 bits per heavy atom. The molecule has 0 amide bonds. The van der Waals surface area contributed by atoms with Crippen LogP contribution < -0.4 is 5.56 Å². The molecule has 2 aromatic rings. The van der Waals surface area contributed by atoms with E-state index in [9.17, 15) is 9.59 Å². The number of thioether (sulfide) groups is 1. The Hall–Kier alpha value is -1.82. The highest BCUT2D eigenvalue weighted by molar-refractivity contribution is 7.99. The van der Waals surface area contributed by atoms with Gasteiger partial charge in [0.05, 0.1) is 23.6 Å². The van der Waals surface area contributed by atoms with Crippen LogP contribution in [0.5, 0.6) is 0 Å². The number of ether oxygens (including phenoxy) is 1. The summed E-state index contributed by atoms with van der Waals surface area (Å²) >= 11 is 1.55. The first kappa shape index (κ1) is 17.5. The van der Waals surface area contributed by atoms with Crippen molar-refractivity contribution in [2.75, 3.05) is 7.11 Å². The third kappa shape index (κ3) is 3.93. The highest BCUT2D eigenvalue weighted by Crippen LogP contribution is 2.23. The summed E-state index contributed by atoms with van der Waals surface area (Å²) in [7, 11) is 1.33. The fourth-order valence-corrected chi connectivity index (χ4v) is 3.13. The summed E-state index contributed by atoms with van der Waals surface area (Å²) in [4.78, 5) is 29.1. The van der Waals surface area contributed by atoms with Gasteiger partial charge in [-0.3, -0.25) is 9.36 Å². The fourth-order valence-electron chi connectivity index (χ4n) is 2.27. The van der Waals surface area contributed by atoms with Gasteiger partial charge in [-0.1, -0.05) is 39.5 Å². The van der Waals surface area contributed by atoms with Gasteiger partial charge in [-0.25, -0.2) is 9.78 Å². The predicted octanol–water partition coefficient (Wildman–Crippen LogP) is 3.34. The van der Waals surface area contributed by atoms with Crippen LogP contribution in [0.25, 0.3) is 10.9 Å². The van der Waals surface area contributed by atoms with E-state index in [0.717, 1.165) is 0 Å². The number of hydrogen-bond donors (Lipinski definition) is 0. The zero-order valence-electron chi connectivity index (χ0n) is 14.1. The van der Waals surface area contributed by atoms with Crippen LogP contribution in [0.15, 0.2) is 28.2 Å². The third-order valence-electron chi connectivity index (χ3n) is 3.23. The minimum Gasteiger partial charge on any atom is -0.465 e. The summed E-state index contributed by atoms with van der Waals surface area (Å²) < 4.78 is 6.46. The van der Waals surface area contributed by atoms with Crippen LogP contribution in [0, 0.1) is 5.92 Å². The second-order valence-corrected chi connectivity index (χ2v) is 7.64. The van der Waals surface area contributed by atoms with Crippen LogP contribution in [-0.4, -0.2) is 27.9 Å². The molecule has 2 rings (SSSR count). The summed E-state index contributed by atoms with van der Waals surface area (Å²) in [5.41, 5.74) is 0.860. The Morgan fingerprint density at radius 3 is 2.57 bits per heavy atom. The Morgan fingerprint density at radius 2 is 2.00 bits per heavy atom. The maximum atomic E-state index is 12.8. The van der Waals surface area contributed by atoms with Crippen molar-refractivity contribution in [2.45, 2.75) is 44.6 Å². The molecule has 0 N–H and O–H groups in total. The van der Waals surface area contributed by atoms with Gasteiger partial charge in [-0.2, -0.15) is 0 Å². The smallest absolute Gasteiger partial charge is 0.337 e. The molecular weight excluding hydrogens is 312 g/mol. The van der Waals surface area contributed by atoms with Crippen LogP contribution >= 0.6 is 11.8 Å². The molecule has 6 heteroatoms. The molecule has 0 spiro atoms. The Balaban J connectivity index is 2.67. The summed E-state index contributed by atoms with van der Waals surface area (Å²) in [6, 6.07) is 4.87. The summed E-state index contributed by atoms with van der Waals surface area (Å²) in [5, 5.41) is 1.51. The molecule has 0 unspecified atom stereocenters. The van der Waals surface area contributed by atoms with Crippen molar-refractivity contribution < 1.29 is 9.53 Å². The molecule has 0 radical (unpaired) electrons. The van der Waals surface area contributed by atoms with Crippen molar-refractivity contribution >= 4 is 28.6 Å². The molecule has 0 atom stereocenters. The molecule has 0 aliphatic heterocycles. The number of carbonyl (C=O) groups excluding carboxylic acids is 1. The quantitative estimate of drug-likeness (QED) is 0.477. The van der Waals surface area contributed by atoms with Gasteiger partial charge in [0.1, 0.15) is 0 Å². The number of esters is 1. The van der Waals surface area contributed by atoms with Crippen molar-refractivity contribution in [3.8, 4) is 0 Å². The first-order valence-corrected chi connectivity index (χ1v) is 8.51. The predicted molar refractivity (Wildman–Crippen MR) is 93.2 cm³/mol. The van der Waals surface area contributed by atoms with E-state index >= 15 is 0 Å². The molecule has 1 aromatic carbocycles. The average molecular weight is 334 g/mol. The number of fused-ring (bicyclic) bond motifs is 1. The monoisotopic (exact) mass is 334 g/mol. The molecule has 1 aromatic heterocycles. The fraction of sp³-hybridized carbons (Fsp3) is 0.471. The second kappa shape index (κ2) is 7.17. The number of nitrogens with zero attached hydrogens (tertiary/aromatic N) is 2. The van der Waals surface area contributed by atoms with Gasteiger partial charge in [0.25, 0.3) is 5.56 Å². The van der Waals surface area contributed by atoms with E-state index < -0.39 is 5.97 Å². The maximum absolute atomic E-state index is 12.8. The first-order valence-electron chi connectivity index (χ1n) is 7.63. The van der Waals surface area contributed by atoms with Gasteiger partial charge in [-0.05, 0) is 24.1 Å². The molecule has 0 saturated carbocycles. The normalized spacial score (nSPS) is 11.4. The van der Waals surface area contributed by atoms with Crippen LogP contribution in [-0.2, 0) is 11.3 Å². The van der Waals surface area contributed by atoms with E-state index in [1.165, 1.54) is 7.11 Å². The first-order chi connectivity index (χ1) is 10.8. The van der Waals surface area contributed by atoms with Gasteiger partial charge in [0, 0.05) is 11.8 Å². The lowest BCUT2D eigenvalue weighted by Crippen LogP contribution is -2.26. The van der Waals surface area contributed by atoms with Crippen LogP contribution in [0.3, 0.4) is 0 Å². The van der Waals surface area contributed by atoms with Gasteiger partial charge >= 0.3 is 5.97 Å². The minimum absolute atomic E-state index is 0.0664. The van der Waals surface area contributed by atoms with Crippen molar-refractivity contribution in [3.05, 3.63) is 34.1 Å². The van der Waals surface area contributed by atoms with E-state index in [-0.39, 0.29) is 5.56 Å². The van der Waals surface area contributed by atoms with E-state index in [2.05, 4.69) is 32.7 Å². The Labute approximate surface area is 140 Å². The van der Waals surface area contributed by atoms with E-state index in [0.29, 0.717) is 39.3 Å². The molecule has 5 nitrogen and oxygen atoms in total. The molecule has 0 aliphatic rings. The molecule has 0 saturated heterocycles. The van der Waals surface area contributed by atoms with Crippen LogP contribution in [0.1, 0.15) is 38.1 Å². The SMILES string of the molecule is COC(=O)c1ccc2c(=O)n(CC(C)C)c(SC(C)C)nc2c1. The van der Waals surface area contributed by atoms with E-state index in [1.54, 1.807) is 34.5 Å². The second-order valence-electron chi connectivity index (χ2n) is 6.09. The van der Waals surface area contributed by atoms with Gasteiger partial charge in [-0.15, -0.1) is 0 Å². The number of rotatable bonds is 5. The molecule has 1 heterocycles. The van der Waals surface area contributed by atoms with Crippen molar-refractivity contribution in [1.82, 2.24) is 9.55 Å². The number of benzene rings is 1. The highest BCUT2D eigenvalue weighted by Gasteiger charge is 2.15. The summed E-state index contributed by atoms with van der Waals surface area (Å²) in [6.45, 7) is 8.88. The summed E-state index contributed by atoms with van der Waals surface area (Å²) in [6.07, 6.45) is 0. The zero-order chi connectivity index (χ0) is 17.1. The van der Waals surface area contributed by atoms with E-state index in [4.69, 9.17) is 4.74 Å². The van der Waals surface area contributed by atoms with E-state index in [1.807, 2.05) is 0 Å². The minimum atomic E-state index is -0.432. The lowest BCUT2D eigenvalue weighted by molar-refractivity contribution is 0.0601. The Bertz CT molecular complexity index is 781. The van der Waals surface area contributed by atoms with Crippen molar-refractivity contribution in [1.29, 1.82) is 0 Å². The molecule has 124 valence electrons. The van der Waals surface area contributed by atoms with Crippen LogP contribution in [0.2, 0.25) is 0 Å². The average Bonchev–Trinajstić information content (AvgIpc) is 2.49. The van der Waals surface area contributed by atoms with Gasteiger partial charge in [0.2, 0.25) is 0 Å². The summed E-state index contributed by atoms with van der Waals surface area (Å²) in [5.74, 6) is -0.0917.